The first kappa shape index (κ1) is 16.9. The first-order valence-electron chi connectivity index (χ1n) is 8.49. The summed E-state index contributed by atoms with van der Waals surface area (Å²) in [5.74, 6) is -0.526. The summed E-state index contributed by atoms with van der Waals surface area (Å²) in [6.07, 6.45) is 4.03. The van der Waals surface area contributed by atoms with Crippen LogP contribution in [0.2, 0.25) is 0 Å². The molecule has 2 aromatic rings. The lowest BCUT2D eigenvalue weighted by Gasteiger charge is -2.19. The molecule has 3 rings (SSSR count). The fourth-order valence-corrected chi connectivity index (χ4v) is 3.16. The number of aryl methyl sites for hydroxylation is 1. The normalized spacial score (nSPS) is 16.6. The Labute approximate surface area is 146 Å². The van der Waals surface area contributed by atoms with Gasteiger partial charge in [0.15, 0.2) is 0 Å². The van der Waals surface area contributed by atoms with Gasteiger partial charge in [-0.3, -0.25) is 14.6 Å². The third-order valence-electron chi connectivity index (χ3n) is 4.58. The van der Waals surface area contributed by atoms with Crippen molar-refractivity contribution in [2.45, 2.75) is 32.2 Å². The van der Waals surface area contributed by atoms with Crippen LogP contribution in [0.15, 0.2) is 30.5 Å². The second-order valence-electron chi connectivity index (χ2n) is 6.12. The number of nitriles is 1. The number of fused-ring (bicyclic) bond motifs is 1. The molecule has 0 aliphatic carbocycles. The van der Waals surface area contributed by atoms with Gasteiger partial charge in [-0.05, 0) is 37.0 Å². The van der Waals surface area contributed by atoms with E-state index in [0.29, 0.717) is 18.5 Å². The van der Waals surface area contributed by atoms with E-state index in [4.69, 9.17) is 5.26 Å². The van der Waals surface area contributed by atoms with Crippen LogP contribution in [0.3, 0.4) is 0 Å². The first-order chi connectivity index (χ1) is 12.1. The number of rotatable bonds is 4. The van der Waals surface area contributed by atoms with Crippen molar-refractivity contribution in [3.8, 4) is 6.07 Å². The van der Waals surface area contributed by atoms with Crippen molar-refractivity contribution in [3.63, 3.8) is 0 Å². The van der Waals surface area contributed by atoms with Crippen molar-refractivity contribution in [1.29, 1.82) is 5.26 Å². The summed E-state index contributed by atoms with van der Waals surface area (Å²) in [7, 11) is 0. The van der Waals surface area contributed by atoms with E-state index in [9.17, 15) is 9.59 Å². The topological polar surface area (TPSA) is 86.1 Å². The predicted molar refractivity (Wildman–Crippen MR) is 93.8 cm³/mol. The molecule has 0 radical (unpaired) electrons. The average molecular weight is 336 g/mol. The highest BCUT2D eigenvalue weighted by atomic mass is 16.2. The Hall–Kier alpha value is -2.94. The van der Waals surface area contributed by atoms with Crippen LogP contribution >= 0.6 is 0 Å². The molecule has 1 unspecified atom stereocenters. The SMILES string of the molecule is CCc1ccc2c(C(=O)NCC(=O)N3CCCC3C#N)ccnc2c1. The highest BCUT2D eigenvalue weighted by Crippen LogP contribution is 2.19. The van der Waals surface area contributed by atoms with E-state index in [1.54, 1.807) is 17.2 Å². The lowest BCUT2D eigenvalue weighted by molar-refractivity contribution is -0.130. The lowest BCUT2D eigenvalue weighted by Crippen LogP contribution is -2.42. The Bertz CT molecular complexity index is 856. The van der Waals surface area contributed by atoms with Crippen LogP contribution in [0.5, 0.6) is 0 Å². The van der Waals surface area contributed by atoms with Gasteiger partial charge in [0.2, 0.25) is 5.91 Å². The minimum Gasteiger partial charge on any atom is -0.343 e. The highest BCUT2D eigenvalue weighted by molar-refractivity contribution is 6.06. The van der Waals surface area contributed by atoms with E-state index in [-0.39, 0.29) is 24.4 Å². The number of carbonyl (C=O) groups excluding carboxylic acids is 2. The molecule has 6 nitrogen and oxygen atoms in total. The highest BCUT2D eigenvalue weighted by Gasteiger charge is 2.28. The number of likely N-dealkylation sites (tertiary alicyclic amines) is 1. The van der Waals surface area contributed by atoms with E-state index in [1.165, 1.54) is 0 Å². The number of amides is 2. The number of hydrogen-bond acceptors (Lipinski definition) is 4. The minimum absolute atomic E-state index is 0.103. The fraction of sp³-hybridized carbons (Fsp3) is 0.368. The third kappa shape index (κ3) is 3.45. The molecule has 2 heterocycles. The Morgan fingerprint density at radius 3 is 3.00 bits per heavy atom. The fourth-order valence-electron chi connectivity index (χ4n) is 3.16. The molecule has 1 N–H and O–H groups in total. The van der Waals surface area contributed by atoms with Gasteiger partial charge >= 0.3 is 0 Å². The van der Waals surface area contributed by atoms with Crippen LogP contribution < -0.4 is 5.32 Å². The number of nitrogens with zero attached hydrogens (tertiary/aromatic N) is 3. The molecule has 2 amide bonds. The number of hydrogen-bond donors (Lipinski definition) is 1. The van der Waals surface area contributed by atoms with Crippen LogP contribution in [0.1, 0.15) is 35.7 Å². The zero-order valence-corrected chi connectivity index (χ0v) is 14.2. The Morgan fingerprint density at radius 1 is 1.40 bits per heavy atom. The van der Waals surface area contributed by atoms with Crippen LogP contribution in [-0.2, 0) is 11.2 Å². The van der Waals surface area contributed by atoms with E-state index in [2.05, 4.69) is 23.3 Å². The lowest BCUT2D eigenvalue weighted by atomic mass is 10.0. The summed E-state index contributed by atoms with van der Waals surface area (Å²) in [6, 6.07) is 9.26. The quantitative estimate of drug-likeness (QED) is 0.926. The van der Waals surface area contributed by atoms with Gasteiger partial charge in [-0.1, -0.05) is 19.1 Å². The molecule has 25 heavy (non-hydrogen) atoms. The number of carbonyl (C=O) groups is 2. The van der Waals surface area contributed by atoms with Crippen molar-refractivity contribution in [3.05, 3.63) is 41.6 Å². The summed E-state index contributed by atoms with van der Waals surface area (Å²) < 4.78 is 0. The predicted octanol–water partition coefficient (Wildman–Crippen LogP) is 2.04. The maximum Gasteiger partial charge on any atom is 0.252 e. The van der Waals surface area contributed by atoms with Gasteiger partial charge in [0.25, 0.3) is 5.91 Å². The Balaban J connectivity index is 1.72. The monoisotopic (exact) mass is 336 g/mol. The smallest absolute Gasteiger partial charge is 0.252 e. The first-order valence-corrected chi connectivity index (χ1v) is 8.49. The second kappa shape index (κ2) is 7.31. The molecular formula is C19H20N4O2. The van der Waals surface area contributed by atoms with Gasteiger partial charge in [0, 0.05) is 18.1 Å². The summed E-state index contributed by atoms with van der Waals surface area (Å²) in [4.78, 5) is 30.6. The summed E-state index contributed by atoms with van der Waals surface area (Å²) in [5, 5.41) is 12.5. The zero-order chi connectivity index (χ0) is 17.8. The Kier molecular flexibility index (Phi) is 4.94. The van der Waals surface area contributed by atoms with E-state index in [1.807, 2.05) is 18.2 Å². The van der Waals surface area contributed by atoms with Crippen LogP contribution in [0.25, 0.3) is 10.9 Å². The molecule has 1 aromatic carbocycles. The van der Waals surface area contributed by atoms with Gasteiger partial charge in [0.05, 0.1) is 23.7 Å². The van der Waals surface area contributed by atoms with Crippen LogP contribution in [0.4, 0.5) is 0 Å². The van der Waals surface area contributed by atoms with Crippen molar-refractivity contribution in [2.75, 3.05) is 13.1 Å². The zero-order valence-electron chi connectivity index (χ0n) is 14.2. The standard InChI is InChI=1S/C19H20N4O2/c1-2-13-5-6-15-16(7-8-21-17(15)10-13)19(25)22-12-18(24)23-9-3-4-14(23)11-20/h5-8,10,14H,2-4,9,12H2,1H3,(H,22,25). The van der Waals surface area contributed by atoms with E-state index < -0.39 is 0 Å². The molecule has 1 aliphatic heterocycles. The molecule has 1 atom stereocenters. The largest absolute Gasteiger partial charge is 0.343 e. The molecule has 1 aromatic heterocycles. The molecule has 1 saturated heterocycles. The number of aromatic nitrogens is 1. The molecule has 6 heteroatoms. The molecule has 1 fully saturated rings. The van der Waals surface area contributed by atoms with Crippen molar-refractivity contribution in [2.24, 2.45) is 0 Å². The van der Waals surface area contributed by atoms with Gasteiger partial charge < -0.3 is 10.2 Å². The molecule has 0 saturated carbocycles. The molecule has 0 spiro atoms. The van der Waals surface area contributed by atoms with E-state index in [0.717, 1.165) is 29.3 Å². The molecule has 128 valence electrons. The number of benzene rings is 1. The summed E-state index contributed by atoms with van der Waals surface area (Å²) >= 11 is 0. The molecule has 0 bridgehead atoms. The average Bonchev–Trinajstić information content (AvgIpc) is 3.13. The van der Waals surface area contributed by atoms with Crippen LogP contribution in [-0.4, -0.2) is 40.8 Å². The van der Waals surface area contributed by atoms with Crippen molar-refractivity contribution < 1.29 is 9.59 Å². The second-order valence-corrected chi connectivity index (χ2v) is 6.12. The van der Waals surface area contributed by atoms with Gasteiger partial charge in [-0.25, -0.2) is 0 Å². The number of nitrogens with one attached hydrogen (secondary N) is 1. The van der Waals surface area contributed by atoms with Gasteiger partial charge in [-0.2, -0.15) is 5.26 Å². The minimum atomic E-state index is -0.376. The van der Waals surface area contributed by atoms with Gasteiger partial charge in [0.1, 0.15) is 6.04 Å². The van der Waals surface area contributed by atoms with Crippen molar-refractivity contribution in [1.82, 2.24) is 15.2 Å². The number of pyridine rings is 1. The Morgan fingerprint density at radius 2 is 2.24 bits per heavy atom. The summed E-state index contributed by atoms with van der Waals surface area (Å²) in [6.45, 7) is 2.54. The maximum atomic E-state index is 12.5. The van der Waals surface area contributed by atoms with Crippen LogP contribution in [0, 0.1) is 11.3 Å². The third-order valence-corrected chi connectivity index (χ3v) is 4.58. The maximum absolute atomic E-state index is 12.5. The van der Waals surface area contributed by atoms with Crippen molar-refractivity contribution >= 4 is 22.7 Å². The van der Waals surface area contributed by atoms with Gasteiger partial charge in [-0.15, -0.1) is 0 Å². The molecule has 1 aliphatic rings. The molecular weight excluding hydrogens is 316 g/mol. The summed E-state index contributed by atoms with van der Waals surface area (Å²) in [5.41, 5.74) is 2.42. The van der Waals surface area contributed by atoms with E-state index >= 15 is 0 Å².